The van der Waals surface area contributed by atoms with Gasteiger partial charge >= 0.3 is 0 Å². The molecule has 0 aliphatic heterocycles. The maximum absolute atomic E-state index is 8.36. The van der Waals surface area contributed by atoms with E-state index in [-0.39, 0.29) is 55.1 Å². The van der Waals surface area contributed by atoms with Crippen molar-refractivity contribution in [3.8, 4) is 0 Å². The zero-order chi connectivity index (χ0) is 5.41. The van der Waals surface area contributed by atoms with E-state index in [1.165, 1.54) is 0 Å². The smallest absolute Gasteiger partial charge is 0.290 e. The largest absolute Gasteiger partial charge is 0.483 e. The first-order valence-electron chi connectivity index (χ1n) is 0.988. The molecule has 4 nitrogen and oxygen atoms in total. The maximum Gasteiger partial charge on any atom is 0.290 e. The standard InChI is InChI=1S/2CH2O2.2W/c2*2-1-3;;/h2*1H,(H,2,3);;. The predicted molar refractivity (Wildman–Crippen MR) is 17.4 cm³/mol. The molecule has 8 heavy (non-hydrogen) atoms. The van der Waals surface area contributed by atoms with Gasteiger partial charge in [-0.25, -0.2) is 0 Å². The van der Waals surface area contributed by atoms with Gasteiger partial charge in [0.1, 0.15) is 0 Å². The van der Waals surface area contributed by atoms with Crippen molar-refractivity contribution in [2.24, 2.45) is 0 Å². The van der Waals surface area contributed by atoms with Gasteiger partial charge in [-0.15, -0.1) is 0 Å². The van der Waals surface area contributed by atoms with E-state index in [9.17, 15) is 0 Å². The number of rotatable bonds is 0. The molecule has 0 rings (SSSR count). The minimum atomic E-state index is -0.250. The molecule has 0 aliphatic carbocycles. The summed E-state index contributed by atoms with van der Waals surface area (Å²) in [6.45, 7) is -0.500. The molecular formula is C2H4O4W2. The van der Waals surface area contributed by atoms with Crippen LogP contribution >= 0.6 is 0 Å². The first-order valence-corrected chi connectivity index (χ1v) is 0.988. The van der Waals surface area contributed by atoms with E-state index in [1.54, 1.807) is 0 Å². The van der Waals surface area contributed by atoms with Gasteiger partial charge in [0, 0.05) is 42.1 Å². The molecule has 2 N–H and O–H groups in total. The van der Waals surface area contributed by atoms with Crippen molar-refractivity contribution in [2.45, 2.75) is 0 Å². The van der Waals surface area contributed by atoms with Crippen LogP contribution in [0.1, 0.15) is 0 Å². The molecule has 0 bridgehead atoms. The van der Waals surface area contributed by atoms with Gasteiger partial charge in [0.05, 0.1) is 0 Å². The summed E-state index contributed by atoms with van der Waals surface area (Å²) in [5.41, 5.74) is 0. The van der Waals surface area contributed by atoms with Gasteiger partial charge < -0.3 is 10.2 Å². The topological polar surface area (TPSA) is 74.6 Å². The number of hydrogen-bond donors (Lipinski definition) is 2. The van der Waals surface area contributed by atoms with Crippen LogP contribution in [0.3, 0.4) is 0 Å². The molecule has 0 aromatic heterocycles. The molecule has 6 heteroatoms. The van der Waals surface area contributed by atoms with Gasteiger partial charge in [-0.3, -0.25) is 9.59 Å². The minimum absolute atomic E-state index is 0. The summed E-state index contributed by atoms with van der Waals surface area (Å²) in [7, 11) is 0. The van der Waals surface area contributed by atoms with Crippen molar-refractivity contribution < 1.29 is 61.9 Å². The third-order valence-electron chi connectivity index (χ3n) is 0. The molecular weight excluding hydrogens is 456 g/mol. The summed E-state index contributed by atoms with van der Waals surface area (Å²) < 4.78 is 0. The Kier molecular flexibility index (Phi) is 162. The molecule has 0 heterocycles. The second-order valence-corrected chi connectivity index (χ2v) is 0.211. The first-order chi connectivity index (χ1) is 2.83. The molecule has 0 radical (unpaired) electrons. The quantitative estimate of drug-likeness (QED) is 0.474. The average Bonchev–Trinajstić information content (AvgIpc) is 1.39. The van der Waals surface area contributed by atoms with Crippen LogP contribution in [-0.4, -0.2) is 23.2 Å². The summed E-state index contributed by atoms with van der Waals surface area (Å²) >= 11 is 0. The fourth-order valence-corrected chi connectivity index (χ4v) is 0. The van der Waals surface area contributed by atoms with Crippen LogP contribution in [0.25, 0.3) is 0 Å². The third kappa shape index (κ3) is 1780. The Bertz CT molecular complexity index is 33.0. The Morgan fingerprint density at radius 2 is 0.875 bits per heavy atom. The van der Waals surface area contributed by atoms with Gasteiger partial charge in [-0.1, -0.05) is 0 Å². The van der Waals surface area contributed by atoms with Crippen molar-refractivity contribution >= 4 is 12.9 Å². The van der Waals surface area contributed by atoms with Crippen LogP contribution in [0.5, 0.6) is 0 Å². The number of hydrogen-bond acceptors (Lipinski definition) is 2. The van der Waals surface area contributed by atoms with Crippen LogP contribution in [0, 0.1) is 0 Å². The summed E-state index contributed by atoms with van der Waals surface area (Å²) in [6.07, 6.45) is 0. The predicted octanol–water partition coefficient (Wildman–Crippen LogP) is -0.603. The molecule has 48 valence electrons. The van der Waals surface area contributed by atoms with Crippen molar-refractivity contribution in [2.75, 3.05) is 0 Å². The fourth-order valence-electron chi connectivity index (χ4n) is 0. The average molecular weight is 460 g/mol. The van der Waals surface area contributed by atoms with Crippen LogP contribution in [0.15, 0.2) is 0 Å². The van der Waals surface area contributed by atoms with Crippen LogP contribution < -0.4 is 0 Å². The second-order valence-electron chi connectivity index (χ2n) is 0.211. The third-order valence-corrected chi connectivity index (χ3v) is 0. The Morgan fingerprint density at radius 3 is 0.875 bits per heavy atom. The van der Waals surface area contributed by atoms with E-state index in [1.807, 2.05) is 0 Å². The molecule has 0 aromatic rings. The fraction of sp³-hybridized carbons (Fsp3) is 0. The SMILES string of the molecule is O=CO.O=CO.[W].[W]. The maximum atomic E-state index is 8.36. The molecule has 0 spiro atoms. The monoisotopic (exact) mass is 460 g/mol. The summed E-state index contributed by atoms with van der Waals surface area (Å²) in [6, 6.07) is 0. The van der Waals surface area contributed by atoms with E-state index >= 15 is 0 Å². The van der Waals surface area contributed by atoms with Gasteiger partial charge in [0.2, 0.25) is 0 Å². The van der Waals surface area contributed by atoms with Crippen molar-refractivity contribution in [3.63, 3.8) is 0 Å². The molecule has 0 fully saturated rings. The summed E-state index contributed by atoms with van der Waals surface area (Å²) in [5, 5.41) is 13.8. The Hall–Kier alpha value is 0.317. The number of carboxylic acid groups (broad SMARTS) is 2. The Balaban J connectivity index is -0.0000000160. The van der Waals surface area contributed by atoms with Gasteiger partial charge in [-0.05, 0) is 0 Å². The van der Waals surface area contributed by atoms with E-state index in [2.05, 4.69) is 0 Å². The van der Waals surface area contributed by atoms with Gasteiger partial charge in [0.25, 0.3) is 12.9 Å². The first kappa shape index (κ1) is 23.9. The van der Waals surface area contributed by atoms with Crippen molar-refractivity contribution in [1.82, 2.24) is 0 Å². The molecule has 0 unspecified atom stereocenters. The Morgan fingerprint density at radius 1 is 0.875 bits per heavy atom. The Labute approximate surface area is 74.8 Å². The zero-order valence-electron chi connectivity index (χ0n) is 3.68. The molecule has 0 saturated carbocycles. The molecule has 0 amide bonds. The number of carbonyl (C=O) groups is 2. The molecule has 0 aromatic carbocycles. The van der Waals surface area contributed by atoms with Crippen LogP contribution in [0.4, 0.5) is 0 Å². The van der Waals surface area contributed by atoms with Crippen LogP contribution in [0.2, 0.25) is 0 Å². The van der Waals surface area contributed by atoms with Crippen molar-refractivity contribution in [1.29, 1.82) is 0 Å². The summed E-state index contributed by atoms with van der Waals surface area (Å²) in [5.74, 6) is 0. The van der Waals surface area contributed by atoms with Crippen LogP contribution in [-0.2, 0) is 51.7 Å². The zero-order valence-corrected chi connectivity index (χ0v) is 9.55. The summed E-state index contributed by atoms with van der Waals surface area (Å²) in [4.78, 5) is 16.7. The van der Waals surface area contributed by atoms with E-state index in [0.29, 0.717) is 0 Å². The van der Waals surface area contributed by atoms with E-state index in [4.69, 9.17) is 19.8 Å². The molecule has 0 atom stereocenters. The molecule has 0 aliphatic rings. The van der Waals surface area contributed by atoms with Crippen molar-refractivity contribution in [3.05, 3.63) is 0 Å². The second kappa shape index (κ2) is 54.4. The van der Waals surface area contributed by atoms with E-state index < -0.39 is 0 Å². The van der Waals surface area contributed by atoms with Gasteiger partial charge in [0.15, 0.2) is 0 Å². The minimum Gasteiger partial charge on any atom is -0.483 e. The normalized spacial score (nSPS) is 3.00. The van der Waals surface area contributed by atoms with Gasteiger partial charge in [-0.2, -0.15) is 0 Å². The molecule has 0 saturated heterocycles. The van der Waals surface area contributed by atoms with E-state index in [0.717, 1.165) is 0 Å².